The number of carbonyl (C=O) groups is 1. The summed E-state index contributed by atoms with van der Waals surface area (Å²) in [6.07, 6.45) is 5.93. The molecule has 2 rings (SSSR count). The molecule has 1 unspecified atom stereocenters. The van der Waals surface area contributed by atoms with E-state index in [2.05, 4.69) is 36.2 Å². The fourth-order valence-corrected chi connectivity index (χ4v) is 1.91. The van der Waals surface area contributed by atoms with Crippen LogP contribution in [0.4, 0.5) is 0 Å². The first-order valence-electron chi connectivity index (χ1n) is 5.34. The van der Waals surface area contributed by atoms with E-state index in [9.17, 15) is 4.79 Å². The van der Waals surface area contributed by atoms with E-state index >= 15 is 0 Å². The normalized spacial score (nSPS) is 12.4. The third-order valence-electron chi connectivity index (χ3n) is 2.46. The summed E-state index contributed by atoms with van der Waals surface area (Å²) >= 11 is 3.29. The molecule has 1 amide bonds. The summed E-state index contributed by atoms with van der Waals surface area (Å²) in [5, 5.41) is 2.91. The Hall–Kier alpha value is -1.56. The van der Waals surface area contributed by atoms with E-state index in [1.54, 1.807) is 24.7 Å². The molecule has 0 saturated heterocycles. The summed E-state index contributed by atoms with van der Waals surface area (Å²) < 4.78 is 0.855. The van der Waals surface area contributed by atoms with Crippen molar-refractivity contribution in [1.82, 2.24) is 20.3 Å². The minimum absolute atomic E-state index is 0.0976. The Kier molecular flexibility index (Phi) is 3.63. The standard InChI is InChI=1S/C11H13BrN4O/c1-2-8(10-13-3-4-14-10)16-11(17)9-5-7(12)6-15-9/h3-6,8,15H,2H2,1H3,(H,13,14)(H,16,17). The minimum atomic E-state index is -0.140. The summed E-state index contributed by atoms with van der Waals surface area (Å²) in [6, 6.07) is 1.64. The Bertz CT molecular complexity index is 491. The van der Waals surface area contributed by atoms with Gasteiger partial charge in [0.2, 0.25) is 0 Å². The van der Waals surface area contributed by atoms with Crippen LogP contribution in [0.5, 0.6) is 0 Å². The number of rotatable bonds is 4. The molecule has 0 fully saturated rings. The smallest absolute Gasteiger partial charge is 0.268 e. The number of nitrogens with zero attached hydrogens (tertiary/aromatic N) is 1. The van der Waals surface area contributed by atoms with Crippen molar-refractivity contribution < 1.29 is 4.79 Å². The van der Waals surface area contributed by atoms with Gasteiger partial charge in [0.1, 0.15) is 11.5 Å². The van der Waals surface area contributed by atoms with Gasteiger partial charge in [0.25, 0.3) is 5.91 Å². The van der Waals surface area contributed by atoms with E-state index < -0.39 is 0 Å². The molecule has 0 radical (unpaired) electrons. The Balaban J connectivity index is 2.07. The third-order valence-corrected chi connectivity index (χ3v) is 2.91. The molecule has 90 valence electrons. The first-order chi connectivity index (χ1) is 8.20. The molecule has 0 saturated carbocycles. The van der Waals surface area contributed by atoms with Crippen molar-refractivity contribution in [3.8, 4) is 0 Å². The van der Waals surface area contributed by atoms with Gasteiger partial charge >= 0.3 is 0 Å². The fourth-order valence-electron chi connectivity index (χ4n) is 1.57. The highest BCUT2D eigenvalue weighted by Crippen LogP contribution is 2.14. The van der Waals surface area contributed by atoms with Gasteiger partial charge in [-0.1, -0.05) is 6.92 Å². The Morgan fingerprint density at radius 1 is 1.59 bits per heavy atom. The average molecular weight is 297 g/mol. The molecule has 0 bridgehead atoms. The van der Waals surface area contributed by atoms with Gasteiger partial charge < -0.3 is 15.3 Å². The van der Waals surface area contributed by atoms with Crippen molar-refractivity contribution in [1.29, 1.82) is 0 Å². The van der Waals surface area contributed by atoms with Crippen molar-refractivity contribution in [2.45, 2.75) is 19.4 Å². The first kappa shape index (κ1) is 11.9. The molecule has 0 aliphatic rings. The van der Waals surface area contributed by atoms with Crippen LogP contribution in [0.25, 0.3) is 0 Å². The highest BCUT2D eigenvalue weighted by molar-refractivity contribution is 9.10. The van der Waals surface area contributed by atoms with Crippen LogP contribution in [0.2, 0.25) is 0 Å². The van der Waals surface area contributed by atoms with Crippen LogP contribution in [-0.2, 0) is 0 Å². The number of hydrogen-bond acceptors (Lipinski definition) is 2. The number of H-pyrrole nitrogens is 2. The second-order valence-corrected chi connectivity index (χ2v) is 4.56. The third kappa shape index (κ3) is 2.76. The second-order valence-electron chi connectivity index (χ2n) is 3.64. The van der Waals surface area contributed by atoms with Gasteiger partial charge in [0.05, 0.1) is 6.04 Å². The van der Waals surface area contributed by atoms with E-state index in [4.69, 9.17) is 0 Å². The van der Waals surface area contributed by atoms with Crippen molar-refractivity contribution >= 4 is 21.8 Å². The number of imidazole rings is 1. The van der Waals surface area contributed by atoms with Crippen LogP contribution in [0.15, 0.2) is 29.1 Å². The lowest BCUT2D eigenvalue weighted by atomic mass is 10.2. The highest BCUT2D eigenvalue weighted by Gasteiger charge is 2.16. The zero-order valence-corrected chi connectivity index (χ0v) is 10.9. The monoisotopic (exact) mass is 296 g/mol. The summed E-state index contributed by atoms with van der Waals surface area (Å²) in [4.78, 5) is 22.0. The zero-order chi connectivity index (χ0) is 12.3. The van der Waals surface area contributed by atoms with Crippen molar-refractivity contribution in [3.05, 3.63) is 40.6 Å². The molecular weight excluding hydrogens is 284 g/mol. The number of hydrogen-bond donors (Lipinski definition) is 3. The first-order valence-corrected chi connectivity index (χ1v) is 6.14. The van der Waals surface area contributed by atoms with Crippen molar-refractivity contribution in [3.63, 3.8) is 0 Å². The van der Waals surface area contributed by atoms with E-state index in [0.717, 1.165) is 16.7 Å². The quantitative estimate of drug-likeness (QED) is 0.810. The fraction of sp³-hybridized carbons (Fsp3) is 0.273. The van der Waals surface area contributed by atoms with Crippen molar-refractivity contribution in [2.24, 2.45) is 0 Å². The number of halogens is 1. The average Bonchev–Trinajstić information content (AvgIpc) is 2.96. The predicted octanol–water partition coefficient (Wildman–Crippen LogP) is 2.38. The maximum Gasteiger partial charge on any atom is 0.268 e. The molecule has 1 atom stereocenters. The van der Waals surface area contributed by atoms with Crippen molar-refractivity contribution in [2.75, 3.05) is 0 Å². The molecule has 0 spiro atoms. The summed E-state index contributed by atoms with van der Waals surface area (Å²) in [7, 11) is 0. The number of amides is 1. The lowest BCUT2D eigenvalue weighted by Gasteiger charge is -2.13. The molecule has 2 aromatic rings. The lowest BCUT2D eigenvalue weighted by Crippen LogP contribution is -2.29. The van der Waals surface area contributed by atoms with Crippen LogP contribution < -0.4 is 5.32 Å². The van der Waals surface area contributed by atoms with Gasteiger partial charge in [0.15, 0.2) is 0 Å². The van der Waals surface area contributed by atoms with E-state index in [0.29, 0.717) is 5.69 Å². The van der Waals surface area contributed by atoms with Gasteiger partial charge in [-0.2, -0.15) is 0 Å². The zero-order valence-electron chi connectivity index (χ0n) is 9.33. The molecule has 5 nitrogen and oxygen atoms in total. The minimum Gasteiger partial charge on any atom is -0.356 e. The van der Waals surface area contributed by atoms with E-state index in [1.165, 1.54) is 0 Å². The molecule has 0 aliphatic carbocycles. The summed E-state index contributed by atoms with van der Waals surface area (Å²) in [5.41, 5.74) is 0.530. The Morgan fingerprint density at radius 3 is 2.94 bits per heavy atom. The molecule has 6 heteroatoms. The second kappa shape index (κ2) is 5.18. The van der Waals surface area contributed by atoms with Gasteiger partial charge in [-0.3, -0.25) is 4.79 Å². The van der Waals surface area contributed by atoms with Crippen LogP contribution in [0.3, 0.4) is 0 Å². The van der Waals surface area contributed by atoms with Crippen LogP contribution in [0, 0.1) is 0 Å². The van der Waals surface area contributed by atoms with Gasteiger partial charge in [-0.25, -0.2) is 4.98 Å². The van der Waals surface area contributed by atoms with Crippen LogP contribution >= 0.6 is 15.9 Å². The van der Waals surface area contributed by atoms with Crippen LogP contribution in [0.1, 0.15) is 35.7 Å². The lowest BCUT2D eigenvalue weighted by molar-refractivity contribution is 0.0929. The van der Waals surface area contributed by atoms with Gasteiger partial charge in [-0.15, -0.1) is 0 Å². The largest absolute Gasteiger partial charge is 0.356 e. The maximum absolute atomic E-state index is 11.9. The molecule has 2 aromatic heterocycles. The number of aromatic amines is 2. The topological polar surface area (TPSA) is 73.6 Å². The molecule has 17 heavy (non-hydrogen) atoms. The maximum atomic E-state index is 11.9. The molecule has 0 aromatic carbocycles. The SMILES string of the molecule is CCC(NC(=O)c1cc(Br)c[nH]1)c1ncc[nH]1. The van der Waals surface area contributed by atoms with E-state index in [-0.39, 0.29) is 11.9 Å². The van der Waals surface area contributed by atoms with Crippen LogP contribution in [-0.4, -0.2) is 20.9 Å². The van der Waals surface area contributed by atoms with E-state index in [1.807, 2.05) is 6.92 Å². The molecule has 2 heterocycles. The Morgan fingerprint density at radius 2 is 2.41 bits per heavy atom. The van der Waals surface area contributed by atoms with Gasteiger partial charge in [0, 0.05) is 23.1 Å². The van der Waals surface area contributed by atoms with Gasteiger partial charge in [-0.05, 0) is 28.4 Å². The summed E-state index contributed by atoms with van der Waals surface area (Å²) in [5.74, 6) is 0.630. The molecular formula is C11H13BrN4O. The summed E-state index contributed by atoms with van der Waals surface area (Å²) in [6.45, 7) is 2.00. The predicted molar refractivity (Wildman–Crippen MR) is 67.6 cm³/mol. The highest BCUT2D eigenvalue weighted by atomic mass is 79.9. The molecule has 3 N–H and O–H groups in total. The number of nitrogens with one attached hydrogen (secondary N) is 3. The Labute approximate surface area is 107 Å². The molecule has 0 aliphatic heterocycles. The number of carbonyl (C=O) groups excluding carboxylic acids is 1. The number of aromatic nitrogens is 3.